The minimum atomic E-state index is -0.933. The summed E-state index contributed by atoms with van der Waals surface area (Å²) in [5, 5.41) is 11.9. The number of nitrogens with one attached hydrogen (secondary N) is 1. The molecule has 0 aromatic heterocycles. The SMILES string of the molecule is CCCO[C@](C)(CC)C(=O)Nc1ccc(OC(C)=O)c(C#N)c1. The van der Waals surface area contributed by atoms with E-state index in [2.05, 4.69) is 5.32 Å². The first kappa shape index (κ1) is 18.7. The Labute approximate surface area is 136 Å². The molecule has 23 heavy (non-hydrogen) atoms. The van der Waals surface area contributed by atoms with Crippen molar-refractivity contribution in [2.75, 3.05) is 11.9 Å². The molecule has 124 valence electrons. The first-order valence-electron chi connectivity index (χ1n) is 7.54. The molecule has 0 spiro atoms. The lowest BCUT2D eigenvalue weighted by Gasteiger charge is -2.27. The highest BCUT2D eigenvalue weighted by molar-refractivity contribution is 5.97. The van der Waals surface area contributed by atoms with Gasteiger partial charge in [0, 0.05) is 19.2 Å². The van der Waals surface area contributed by atoms with E-state index < -0.39 is 11.6 Å². The summed E-state index contributed by atoms with van der Waals surface area (Å²) in [5.74, 6) is -0.624. The largest absolute Gasteiger partial charge is 0.425 e. The third-order valence-electron chi connectivity index (χ3n) is 3.39. The first-order valence-corrected chi connectivity index (χ1v) is 7.54. The summed E-state index contributed by atoms with van der Waals surface area (Å²) in [6, 6.07) is 6.46. The maximum Gasteiger partial charge on any atom is 0.308 e. The van der Waals surface area contributed by atoms with Crippen molar-refractivity contribution in [2.24, 2.45) is 0 Å². The zero-order valence-corrected chi connectivity index (χ0v) is 13.9. The Kier molecular flexibility index (Phi) is 6.73. The maximum atomic E-state index is 12.4. The highest BCUT2D eigenvalue weighted by atomic mass is 16.5. The minimum Gasteiger partial charge on any atom is -0.425 e. The third kappa shape index (κ3) is 5.08. The molecule has 0 aliphatic heterocycles. The van der Waals surface area contributed by atoms with Crippen LogP contribution in [0.2, 0.25) is 0 Å². The highest BCUT2D eigenvalue weighted by Crippen LogP contribution is 2.24. The van der Waals surface area contributed by atoms with E-state index in [1.165, 1.54) is 19.1 Å². The van der Waals surface area contributed by atoms with Gasteiger partial charge in [-0.3, -0.25) is 9.59 Å². The van der Waals surface area contributed by atoms with E-state index in [0.717, 1.165) is 6.42 Å². The van der Waals surface area contributed by atoms with Crippen molar-refractivity contribution in [3.05, 3.63) is 23.8 Å². The number of hydrogen-bond donors (Lipinski definition) is 1. The predicted molar refractivity (Wildman–Crippen MR) is 86.0 cm³/mol. The van der Waals surface area contributed by atoms with Crippen molar-refractivity contribution in [1.29, 1.82) is 5.26 Å². The van der Waals surface area contributed by atoms with Gasteiger partial charge in [0.15, 0.2) is 0 Å². The molecule has 1 amide bonds. The molecule has 0 aliphatic rings. The zero-order valence-electron chi connectivity index (χ0n) is 13.9. The Morgan fingerprint density at radius 1 is 1.35 bits per heavy atom. The highest BCUT2D eigenvalue weighted by Gasteiger charge is 2.32. The fourth-order valence-corrected chi connectivity index (χ4v) is 1.86. The van der Waals surface area contributed by atoms with E-state index in [4.69, 9.17) is 14.7 Å². The van der Waals surface area contributed by atoms with Crippen LogP contribution in [0.3, 0.4) is 0 Å². The normalized spacial score (nSPS) is 12.8. The Balaban J connectivity index is 2.94. The lowest BCUT2D eigenvalue weighted by Crippen LogP contribution is -2.42. The van der Waals surface area contributed by atoms with Crippen molar-refractivity contribution in [2.45, 2.75) is 46.1 Å². The van der Waals surface area contributed by atoms with Gasteiger partial charge < -0.3 is 14.8 Å². The number of carbonyl (C=O) groups excluding carboxylic acids is 2. The molecule has 6 heteroatoms. The van der Waals surface area contributed by atoms with Crippen LogP contribution in [0, 0.1) is 11.3 Å². The Bertz CT molecular complexity index is 622. The Morgan fingerprint density at radius 2 is 2.04 bits per heavy atom. The van der Waals surface area contributed by atoms with Crippen LogP contribution >= 0.6 is 0 Å². The average Bonchev–Trinajstić information content (AvgIpc) is 2.53. The smallest absolute Gasteiger partial charge is 0.308 e. The molecule has 1 rings (SSSR count). The summed E-state index contributed by atoms with van der Waals surface area (Å²) in [6.07, 6.45) is 1.34. The Morgan fingerprint density at radius 3 is 2.57 bits per heavy atom. The Hall–Kier alpha value is -2.39. The topological polar surface area (TPSA) is 88.4 Å². The van der Waals surface area contributed by atoms with Crippen molar-refractivity contribution in [3.63, 3.8) is 0 Å². The number of amides is 1. The maximum absolute atomic E-state index is 12.4. The summed E-state index contributed by atoms with van der Waals surface area (Å²) in [5.41, 5.74) is -0.315. The monoisotopic (exact) mass is 318 g/mol. The number of rotatable bonds is 7. The quantitative estimate of drug-likeness (QED) is 0.616. The number of esters is 1. The van der Waals surface area contributed by atoms with E-state index in [0.29, 0.717) is 18.7 Å². The van der Waals surface area contributed by atoms with Crippen LogP contribution in [0.1, 0.15) is 46.1 Å². The van der Waals surface area contributed by atoms with Crippen LogP contribution < -0.4 is 10.1 Å². The number of anilines is 1. The van der Waals surface area contributed by atoms with Gasteiger partial charge in [0.1, 0.15) is 17.4 Å². The van der Waals surface area contributed by atoms with Gasteiger partial charge in [0.25, 0.3) is 5.91 Å². The molecule has 0 saturated carbocycles. The van der Waals surface area contributed by atoms with Crippen molar-refractivity contribution in [1.82, 2.24) is 0 Å². The van der Waals surface area contributed by atoms with E-state index in [1.54, 1.807) is 13.0 Å². The summed E-state index contributed by atoms with van der Waals surface area (Å²) in [7, 11) is 0. The fourth-order valence-electron chi connectivity index (χ4n) is 1.86. The molecular formula is C17H22N2O4. The average molecular weight is 318 g/mol. The number of hydrogen-bond acceptors (Lipinski definition) is 5. The molecule has 0 fully saturated rings. The van der Waals surface area contributed by atoms with Crippen molar-refractivity contribution in [3.8, 4) is 11.8 Å². The van der Waals surface area contributed by atoms with Crippen molar-refractivity contribution >= 4 is 17.6 Å². The second kappa shape index (κ2) is 8.30. The van der Waals surface area contributed by atoms with Gasteiger partial charge in [-0.05, 0) is 38.0 Å². The predicted octanol–water partition coefficient (Wildman–Crippen LogP) is 3.02. The van der Waals surface area contributed by atoms with Crippen LogP contribution in [0.5, 0.6) is 5.75 Å². The van der Waals surface area contributed by atoms with Crippen LogP contribution in [-0.4, -0.2) is 24.1 Å². The molecule has 0 saturated heterocycles. The molecule has 1 N–H and O–H groups in total. The van der Waals surface area contributed by atoms with Gasteiger partial charge in [0.05, 0.1) is 5.56 Å². The van der Waals surface area contributed by atoms with Gasteiger partial charge in [-0.15, -0.1) is 0 Å². The molecule has 6 nitrogen and oxygen atoms in total. The second-order valence-electron chi connectivity index (χ2n) is 5.30. The lowest BCUT2D eigenvalue weighted by atomic mass is 10.0. The summed E-state index contributed by atoms with van der Waals surface area (Å²) >= 11 is 0. The van der Waals surface area contributed by atoms with Crippen LogP contribution in [0.25, 0.3) is 0 Å². The van der Waals surface area contributed by atoms with Crippen molar-refractivity contribution < 1.29 is 19.1 Å². The molecule has 0 radical (unpaired) electrons. The number of ether oxygens (including phenoxy) is 2. The summed E-state index contributed by atoms with van der Waals surface area (Å²) in [6.45, 7) is 7.33. The molecule has 0 aliphatic carbocycles. The molecule has 0 heterocycles. The van der Waals surface area contributed by atoms with E-state index >= 15 is 0 Å². The van der Waals surface area contributed by atoms with Gasteiger partial charge in [-0.25, -0.2) is 0 Å². The third-order valence-corrected chi connectivity index (χ3v) is 3.39. The van der Waals surface area contributed by atoms with Gasteiger partial charge in [0.2, 0.25) is 0 Å². The molecular weight excluding hydrogens is 296 g/mol. The standard InChI is InChI=1S/C17H22N2O4/c1-5-9-22-17(4,6-2)16(21)19-14-7-8-15(23-12(3)20)13(10-14)11-18/h7-8,10H,5-6,9H2,1-4H3,(H,19,21)/t17-/m1/s1. The molecule has 1 atom stereocenters. The number of nitrogens with zero attached hydrogens (tertiary/aromatic N) is 1. The van der Waals surface area contributed by atoms with Crippen LogP contribution in [-0.2, 0) is 14.3 Å². The zero-order chi connectivity index (χ0) is 17.5. The van der Waals surface area contributed by atoms with Crippen LogP contribution in [0.15, 0.2) is 18.2 Å². The van der Waals surface area contributed by atoms with E-state index in [1.807, 2.05) is 19.9 Å². The number of carbonyl (C=O) groups is 2. The van der Waals surface area contributed by atoms with Crippen LogP contribution in [0.4, 0.5) is 5.69 Å². The van der Waals surface area contributed by atoms with E-state index in [9.17, 15) is 9.59 Å². The lowest BCUT2D eigenvalue weighted by molar-refractivity contribution is -0.139. The molecule has 1 aromatic rings. The van der Waals surface area contributed by atoms with Gasteiger partial charge in [-0.2, -0.15) is 5.26 Å². The van der Waals surface area contributed by atoms with Gasteiger partial charge >= 0.3 is 5.97 Å². The minimum absolute atomic E-state index is 0.165. The molecule has 1 aromatic carbocycles. The first-order chi connectivity index (χ1) is 10.9. The fraction of sp³-hybridized carbons (Fsp3) is 0.471. The van der Waals surface area contributed by atoms with Gasteiger partial charge in [-0.1, -0.05) is 13.8 Å². The molecule has 0 bridgehead atoms. The molecule has 0 unspecified atom stereocenters. The number of nitriles is 1. The van der Waals surface area contributed by atoms with E-state index in [-0.39, 0.29) is 17.2 Å². The second-order valence-corrected chi connectivity index (χ2v) is 5.30. The summed E-state index contributed by atoms with van der Waals surface area (Å²) in [4.78, 5) is 23.4. The number of benzene rings is 1. The summed E-state index contributed by atoms with van der Waals surface area (Å²) < 4.78 is 10.6.